The zero-order valence-corrected chi connectivity index (χ0v) is 11.6. The van der Waals surface area contributed by atoms with Gasteiger partial charge < -0.3 is 5.32 Å². The summed E-state index contributed by atoms with van der Waals surface area (Å²) in [6.07, 6.45) is 1.73. The maximum Gasteiger partial charge on any atom is 0.311 e. The van der Waals surface area contributed by atoms with Crippen molar-refractivity contribution in [2.45, 2.75) is 31.5 Å². The van der Waals surface area contributed by atoms with E-state index in [0.29, 0.717) is 41.4 Å². The SMILES string of the molecule is N#Cc1ccc2ncc([N+](=O)[O-])c(NC3CC[C@H](F)C3)c2c1. The summed E-state index contributed by atoms with van der Waals surface area (Å²) in [5, 5.41) is 23.8. The summed E-state index contributed by atoms with van der Waals surface area (Å²) in [5.74, 6) is 0. The maximum atomic E-state index is 13.3. The number of nitriles is 1. The van der Waals surface area contributed by atoms with Crippen LogP contribution in [0.25, 0.3) is 10.9 Å². The lowest BCUT2D eigenvalue weighted by Crippen LogP contribution is -2.17. The molecule has 0 bridgehead atoms. The van der Waals surface area contributed by atoms with E-state index < -0.39 is 11.1 Å². The zero-order valence-electron chi connectivity index (χ0n) is 11.6. The average Bonchev–Trinajstić information content (AvgIpc) is 2.92. The molecule has 0 radical (unpaired) electrons. The fraction of sp³-hybridized carbons (Fsp3) is 0.333. The van der Waals surface area contributed by atoms with E-state index in [2.05, 4.69) is 10.3 Å². The van der Waals surface area contributed by atoms with E-state index in [0.717, 1.165) is 0 Å². The molecule has 1 fully saturated rings. The van der Waals surface area contributed by atoms with Crippen molar-refractivity contribution in [1.29, 1.82) is 5.26 Å². The third kappa shape index (κ3) is 2.55. The number of alkyl halides is 1. The third-order valence-electron chi connectivity index (χ3n) is 3.89. The first kappa shape index (κ1) is 14.2. The number of nitrogens with one attached hydrogen (secondary N) is 1. The van der Waals surface area contributed by atoms with Gasteiger partial charge in [0.05, 0.1) is 22.1 Å². The molecule has 0 aliphatic heterocycles. The van der Waals surface area contributed by atoms with Crippen LogP contribution in [-0.2, 0) is 0 Å². The Balaban J connectivity index is 2.12. The third-order valence-corrected chi connectivity index (χ3v) is 3.89. The summed E-state index contributed by atoms with van der Waals surface area (Å²) in [6, 6.07) is 6.69. The first-order chi connectivity index (χ1) is 10.6. The van der Waals surface area contributed by atoms with E-state index in [9.17, 15) is 14.5 Å². The van der Waals surface area contributed by atoms with Crippen LogP contribution in [0.3, 0.4) is 0 Å². The second kappa shape index (κ2) is 5.56. The van der Waals surface area contributed by atoms with Gasteiger partial charge in [0.1, 0.15) is 18.1 Å². The summed E-state index contributed by atoms with van der Waals surface area (Å²) >= 11 is 0. The molecule has 2 atom stereocenters. The van der Waals surface area contributed by atoms with Crippen LogP contribution in [0, 0.1) is 21.4 Å². The molecule has 0 amide bonds. The molecule has 2 aromatic rings. The number of fused-ring (bicyclic) bond motifs is 1. The molecule has 1 aromatic heterocycles. The van der Waals surface area contributed by atoms with Crippen LogP contribution in [0.2, 0.25) is 0 Å². The predicted molar refractivity (Wildman–Crippen MR) is 79.3 cm³/mol. The van der Waals surface area contributed by atoms with E-state index in [4.69, 9.17) is 5.26 Å². The number of nitrogens with zero attached hydrogens (tertiary/aromatic N) is 3. The van der Waals surface area contributed by atoms with Gasteiger partial charge in [-0.05, 0) is 37.5 Å². The first-order valence-corrected chi connectivity index (χ1v) is 6.96. The molecule has 0 saturated heterocycles. The summed E-state index contributed by atoms with van der Waals surface area (Å²) in [6.45, 7) is 0. The molecular formula is C15H13FN4O2. The zero-order chi connectivity index (χ0) is 15.7. The number of nitro groups is 1. The van der Waals surface area contributed by atoms with Gasteiger partial charge in [0.15, 0.2) is 0 Å². The van der Waals surface area contributed by atoms with Crippen molar-refractivity contribution in [2.24, 2.45) is 0 Å². The molecule has 1 aliphatic rings. The fourth-order valence-electron chi connectivity index (χ4n) is 2.80. The van der Waals surface area contributed by atoms with Crippen molar-refractivity contribution in [2.75, 3.05) is 5.32 Å². The number of anilines is 1. The molecule has 22 heavy (non-hydrogen) atoms. The second-order valence-electron chi connectivity index (χ2n) is 5.37. The largest absolute Gasteiger partial charge is 0.376 e. The molecule has 1 N–H and O–H groups in total. The minimum Gasteiger partial charge on any atom is -0.376 e. The van der Waals surface area contributed by atoms with Gasteiger partial charge in [0, 0.05) is 11.4 Å². The Bertz CT molecular complexity index is 787. The summed E-state index contributed by atoms with van der Waals surface area (Å²) < 4.78 is 13.3. The lowest BCUT2D eigenvalue weighted by Gasteiger charge is -2.15. The normalized spacial score (nSPS) is 20.7. The highest BCUT2D eigenvalue weighted by Crippen LogP contribution is 2.35. The van der Waals surface area contributed by atoms with E-state index >= 15 is 0 Å². The molecule has 1 aromatic carbocycles. The summed E-state index contributed by atoms with van der Waals surface area (Å²) in [4.78, 5) is 14.8. The van der Waals surface area contributed by atoms with Crippen LogP contribution in [0.5, 0.6) is 0 Å². The van der Waals surface area contributed by atoms with E-state index in [-0.39, 0.29) is 11.7 Å². The molecule has 7 heteroatoms. The van der Waals surface area contributed by atoms with Gasteiger partial charge in [-0.3, -0.25) is 10.1 Å². The van der Waals surface area contributed by atoms with Gasteiger partial charge in [-0.2, -0.15) is 5.26 Å². The Morgan fingerprint density at radius 3 is 2.91 bits per heavy atom. The Labute approximate surface area is 125 Å². The van der Waals surface area contributed by atoms with Crippen LogP contribution in [0.4, 0.5) is 15.8 Å². The van der Waals surface area contributed by atoms with Crippen molar-refractivity contribution >= 4 is 22.3 Å². The van der Waals surface area contributed by atoms with Gasteiger partial charge in [-0.25, -0.2) is 9.37 Å². The minimum atomic E-state index is -0.876. The highest BCUT2D eigenvalue weighted by Gasteiger charge is 2.27. The quantitative estimate of drug-likeness (QED) is 0.693. The second-order valence-corrected chi connectivity index (χ2v) is 5.37. The number of halogens is 1. The van der Waals surface area contributed by atoms with E-state index in [1.807, 2.05) is 6.07 Å². The molecule has 1 unspecified atom stereocenters. The van der Waals surface area contributed by atoms with Gasteiger partial charge >= 0.3 is 5.69 Å². The number of benzene rings is 1. The van der Waals surface area contributed by atoms with Gasteiger partial charge in [0.2, 0.25) is 0 Å². The topological polar surface area (TPSA) is 91.8 Å². The Kier molecular flexibility index (Phi) is 3.59. The number of hydrogen-bond acceptors (Lipinski definition) is 5. The molecule has 112 valence electrons. The van der Waals surface area contributed by atoms with Gasteiger partial charge in [-0.1, -0.05) is 0 Å². The molecule has 3 rings (SSSR count). The van der Waals surface area contributed by atoms with E-state index in [1.54, 1.807) is 18.2 Å². The molecule has 1 heterocycles. The summed E-state index contributed by atoms with van der Waals surface area (Å²) in [7, 11) is 0. The van der Waals surface area contributed by atoms with Crippen molar-refractivity contribution in [1.82, 2.24) is 4.98 Å². The standard InChI is InChI=1S/C15H13FN4O2/c16-10-2-3-11(6-10)19-15-12-5-9(7-17)1-4-13(12)18-8-14(15)20(21)22/h1,4-5,8,10-11H,2-3,6H2,(H,18,19)/t10-,11?/m0/s1. The minimum absolute atomic E-state index is 0.148. The molecule has 0 spiro atoms. The Hall–Kier alpha value is -2.75. The number of hydrogen-bond donors (Lipinski definition) is 1. The highest BCUT2D eigenvalue weighted by molar-refractivity contribution is 5.96. The van der Waals surface area contributed by atoms with Crippen molar-refractivity contribution < 1.29 is 9.31 Å². The smallest absolute Gasteiger partial charge is 0.311 e. The van der Waals surface area contributed by atoms with Crippen LogP contribution in [-0.4, -0.2) is 22.1 Å². The summed E-state index contributed by atoms with van der Waals surface area (Å²) in [5.41, 5.74) is 1.10. The first-order valence-electron chi connectivity index (χ1n) is 6.96. The van der Waals surface area contributed by atoms with Crippen LogP contribution in [0.1, 0.15) is 24.8 Å². The monoisotopic (exact) mass is 300 g/mol. The number of aromatic nitrogens is 1. The predicted octanol–water partition coefficient (Wildman–Crippen LogP) is 3.32. The maximum absolute atomic E-state index is 13.3. The number of rotatable bonds is 3. The fourth-order valence-corrected chi connectivity index (χ4v) is 2.80. The molecule has 1 saturated carbocycles. The average molecular weight is 300 g/mol. The Morgan fingerprint density at radius 1 is 1.45 bits per heavy atom. The highest BCUT2D eigenvalue weighted by atomic mass is 19.1. The van der Waals surface area contributed by atoms with Crippen molar-refractivity contribution in [3.8, 4) is 6.07 Å². The van der Waals surface area contributed by atoms with Crippen molar-refractivity contribution in [3.05, 3.63) is 40.1 Å². The van der Waals surface area contributed by atoms with Crippen LogP contribution >= 0.6 is 0 Å². The number of pyridine rings is 1. The van der Waals surface area contributed by atoms with Crippen molar-refractivity contribution in [3.63, 3.8) is 0 Å². The van der Waals surface area contributed by atoms with Gasteiger partial charge in [0.25, 0.3) is 0 Å². The van der Waals surface area contributed by atoms with Crippen LogP contribution in [0.15, 0.2) is 24.4 Å². The van der Waals surface area contributed by atoms with E-state index in [1.165, 1.54) is 6.20 Å². The lowest BCUT2D eigenvalue weighted by atomic mass is 10.1. The Morgan fingerprint density at radius 2 is 2.27 bits per heavy atom. The molecular weight excluding hydrogens is 287 g/mol. The molecule has 1 aliphatic carbocycles. The van der Waals surface area contributed by atoms with Crippen LogP contribution < -0.4 is 5.32 Å². The van der Waals surface area contributed by atoms with Gasteiger partial charge in [-0.15, -0.1) is 0 Å². The molecule has 6 nitrogen and oxygen atoms in total. The lowest BCUT2D eigenvalue weighted by molar-refractivity contribution is -0.384.